The Morgan fingerprint density at radius 1 is 1.00 bits per heavy atom. The molecule has 1 unspecified atom stereocenters. The molecular formula is C25H27NO3. The fourth-order valence-electron chi connectivity index (χ4n) is 4.21. The van der Waals surface area contributed by atoms with Gasteiger partial charge in [-0.2, -0.15) is 0 Å². The van der Waals surface area contributed by atoms with Gasteiger partial charge in [-0.25, -0.2) is 0 Å². The van der Waals surface area contributed by atoms with Crippen molar-refractivity contribution in [1.29, 1.82) is 0 Å². The van der Waals surface area contributed by atoms with E-state index in [1.54, 1.807) is 14.2 Å². The number of fused-ring (bicyclic) bond motifs is 1. The molecule has 0 bridgehead atoms. The molecule has 3 aromatic carbocycles. The van der Waals surface area contributed by atoms with E-state index < -0.39 is 0 Å². The second kappa shape index (κ2) is 8.58. The van der Waals surface area contributed by atoms with Crippen molar-refractivity contribution in [3.05, 3.63) is 77.4 Å². The highest BCUT2D eigenvalue weighted by molar-refractivity contribution is 5.79. The fraction of sp³-hybridized carbons (Fsp3) is 0.280. The molecule has 3 aromatic rings. The summed E-state index contributed by atoms with van der Waals surface area (Å²) in [7, 11) is 3.26. The molecule has 1 aliphatic rings. The van der Waals surface area contributed by atoms with Crippen LogP contribution in [0.3, 0.4) is 0 Å². The molecule has 0 saturated heterocycles. The highest BCUT2D eigenvalue weighted by Gasteiger charge is 2.28. The molecule has 0 fully saturated rings. The molecule has 29 heavy (non-hydrogen) atoms. The highest BCUT2D eigenvalue weighted by Crippen LogP contribution is 2.46. The van der Waals surface area contributed by atoms with Gasteiger partial charge in [-0.15, -0.1) is 0 Å². The monoisotopic (exact) mass is 389 g/mol. The van der Waals surface area contributed by atoms with Gasteiger partial charge in [-0.1, -0.05) is 42.5 Å². The van der Waals surface area contributed by atoms with Crippen LogP contribution in [-0.4, -0.2) is 25.9 Å². The maximum absolute atomic E-state index is 11.0. The molecule has 150 valence electrons. The van der Waals surface area contributed by atoms with Crippen LogP contribution in [0.25, 0.3) is 11.1 Å². The summed E-state index contributed by atoms with van der Waals surface area (Å²) in [5.41, 5.74) is 5.56. The molecule has 1 heterocycles. The number of ether oxygens (including phenoxy) is 2. The zero-order chi connectivity index (χ0) is 20.2. The SMILES string of the molecule is COc1ccc(-c2c(O)c(OC)cc3c2C(CCc2ccccc2)NCC3)cc1. The van der Waals surface area contributed by atoms with E-state index in [2.05, 4.69) is 29.6 Å². The Hall–Kier alpha value is -2.98. The number of hydrogen-bond donors (Lipinski definition) is 2. The summed E-state index contributed by atoms with van der Waals surface area (Å²) in [6.45, 7) is 0.919. The summed E-state index contributed by atoms with van der Waals surface area (Å²) in [5, 5.41) is 14.7. The third-order valence-corrected chi connectivity index (χ3v) is 5.69. The number of benzene rings is 3. The molecular weight excluding hydrogens is 362 g/mol. The quantitative estimate of drug-likeness (QED) is 0.630. The number of hydrogen-bond acceptors (Lipinski definition) is 4. The van der Waals surface area contributed by atoms with E-state index in [4.69, 9.17) is 9.47 Å². The molecule has 0 radical (unpaired) electrons. The Morgan fingerprint density at radius 2 is 1.76 bits per heavy atom. The Labute approximate surface area is 172 Å². The van der Waals surface area contributed by atoms with Crippen molar-refractivity contribution in [3.63, 3.8) is 0 Å². The molecule has 4 rings (SSSR count). The van der Waals surface area contributed by atoms with Gasteiger partial charge in [0.05, 0.1) is 14.2 Å². The zero-order valence-electron chi connectivity index (χ0n) is 16.9. The lowest BCUT2D eigenvalue weighted by molar-refractivity contribution is 0.371. The van der Waals surface area contributed by atoms with Crippen LogP contribution in [0.2, 0.25) is 0 Å². The van der Waals surface area contributed by atoms with Crippen LogP contribution >= 0.6 is 0 Å². The normalized spacial score (nSPS) is 15.6. The highest BCUT2D eigenvalue weighted by atomic mass is 16.5. The Balaban J connectivity index is 1.77. The lowest BCUT2D eigenvalue weighted by atomic mass is 9.84. The number of phenolic OH excluding ortho intramolecular Hbond substituents is 1. The first-order valence-electron chi connectivity index (χ1n) is 10.1. The summed E-state index contributed by atoms with van der Waals surface area (Å²) >= 11 is 0. The summed E-state index contributed by atoms with van der Waals surface area (Å²) < 4.78 is 10.8. The minimum Gasteiger partial charge on any atom is -0.504 e. The van der Waals surface area contributed by atoms with E-state index in [-0.39, 0.29) is 11.8 Å². The summed E-state index contributed by atoms with van der Waals surface area (Å²) in [4.78, 5) is 0. The largest absolute Gasteiger partial charge is 0.504 e. The van der Waals surface area contributed by atoms with Crippen molar-refractivity contribution in [2.24, 2.45) is 0 Å². The molecule has 0 amide bonds. The molecule has 0 aliphatic carbocycles. The second-order valence-electron chi connectivity index (χ2n) is 7.38. The molecule has 0 spiro atoms. The van der Waals surface area contributed by atoms with E-state index in [0.29, 0.717) is 5.75 Å². The third-order valence-electron chi connectivity index (χ3n) is 5.69. The minimum atomic E-state index is 0.174. The first kappa shape index (κ1) is 19.3. The molecule has 4 heteroatoms. The fourth-order valence-corrected chi connectivity index (χ4v) is 4.21. The molecule has 4 nitrogen and oxygen atoms in total. The molecule has 1 atom stereocenters. The van der Waals surface area contributed by atoms with E-state index in [1.807, 2.05) is 36.4 Å². The van der Waals surface area contributed by atoms with Gasteiger partial charge in [0.25, 0.3) is 0 Å². The summed E-state index contributed by atoms with van der Waals surface area (Å²) in [6.07, 6.45) is 2.86. The van der Waals surface area contributed by atoms with Crippen LogP contribution in [0.1, 0.15) is 29.2 Å². The smallest absolute Gasteiger partial charge is 0.166 e. The van der Waals surface area contributed by atoms with Crippen LogP contribution in [0.5, 0.6) is 17.2 Å². The minimum absolute atomic E-state index is 0.174. The van der Waals surface area contributed by atoms with Gasteiger partial charge in [0, 0.05) is 11.6 Å². The molecule has 2 N–H and O–H groups in total. The average Bonchev–Trinajstić information content (AvgIpc) is 2.78. The standard InChI is InChI=1S/C25H27NO3/c1-28-20-11-9-18(10-12-20)24-23-19(16-22(29-2)25(24)27)14-15-26-21(23)13-8-17-6-4-3-5-7-17/h3-7,9-12,16,21,26-27H,8,13-15H2,1-2H3. The van der Waals surface area contributed by atoms with Gasteiger partial charge in [0.15, 0.2) is 11.5 Å². The van der Waals surface area contributed by atoms with Gasteiger partial charge in [0.1, 0.15) is 5.75 Å². The predicted molar refractivity (Wildman–Crippen MR) is 116 cm³/mol. The van der Waals surface area contributed by atoms with Crippen molar-refractivity contribution in [2.45, 2.75) is 25.3 Å². The van der Waals surface area contributed by atoms with E-state index in [1.165, 1.54) is 16.7 Å². The number of aryl methyl sites for hydroxylation is 1. The summed E-state index contributed by atoms with van der Waals surface area (Å²) in [5.74, 6) is 1.52. The van der Waals surface area contributed by atoms with Crippen molar-refractivity contribution < 1.29 is 14.6 Å². The van der Waals surface area contributed by atoms with Crippen LogP contribution < -0.4 is 14.8 Å². The lowest BCUT2D eigenvalue weighted by Crippen LogP contribution is -2.31. The zero-order valence-corrected chi connectivity index (χ0v) is 16.9. The van der Waals surface area contributed by atoms with Crippen molar-refractivity contribution >= 4 is 0 Å². The maximum atomic E-state index is 11.0. The first-order chi connectivity index (χ1) is 14.2. The Morgan fingerprint density at radius 3 is 2.45 bits per heavy atom. The van der Waals surface area contributed by atoms with Crippen LogP contribution in [0, 0.1) is 0 Å². The second-order valence-corrected chi connectivity index (χ2v) is 7.38. The van der Waals surface area contributed by atoms with Crippen molar-refractivity contribution in [2.75, 3.05) is 20.8 Å². The lowest BCUT2D eigenvalue weighted by Gasteiger charge is -2.31. The number of nitrogens with one attached hydrogen (secondary N) is 1. The van der Waals surface area contributed by atoms with Crippen molar-refractivity contribution in [3.8, 4) is 28.4 Å². The van der Waals surface area contributed by atoms with Crippen LogP contribution in [0.15, 0.2) is 60.7 Å². The molecule has 1 aliphatic heterocycles. The summed E-state index contributed by atoms with van der Waals surface area (Å²) in [6, 6.07) is 20.6. The van der Waals surface area contributed by atoms with Gasteiger partial charge in [-0.05, 0) is 66.3 Å². The number of methoxy groups -OCH3 is 2. The van der Waals surface area contributed by atoms with Crippen molar-refractivity contribution in [1.82, 2.24) is 5.32 Å². The van der Waals surface area contributed by atoms with E-state index >= 15 is 0 Å². The Kier molecular flexibility index (Phi) is 5.72. The number of rotatable bonds is 6. The number of phenols is 1. The van der Waals surface area contributed by atoms with Gasteiger partial charge in [-0.3, -0.25) is 0 Å². The molecule has 0 saturated carbocycles. The topological polar surface area (TPSA) is 50.7 Å². The van der Waals surface area contributed by atoms with Gasteiger partial charge in [0.2, 0.25) is 0 Å². The van der Waals surface area contributed by atoms with E-state index in [9.17, 15) is 5.11 Å². The van der Waals surface area contributed by atoms with E-state index in [0.717, 1.165) is 42.7 Å². The number of aromatic hydroxyl groups is 1. The predicted octanol–water partition coefficient (Wildman–Crippen LogP) is 4.90. The third kappa shape index (κ3) is 3.94. The maximum Gasteiger partial charge on any atom is 0.166 e. The first-order valence-corrected chi connectivity index (χ1v) is 10.1. The van der Waals surface area contributed by atoms with Gasteiger partial charge < -0.3 is 19.9 Å². The van der Waals surface area contributed by atoms with Crippen LogP contribution in [-0.2, 0) is 12.8 Å². The Bertz CT molecular complexity index is 968. The van der Waals surface area contributed by atoms with Crippen LogP contribution in [0.4, 0.5) is 0 Å². The average molecular weight is 389 g/mol. The van der Waals surface area contributed by atoms with Gasteiger partial charge >= 0.3 is 0 Å². The molecule has 0 aromatic heterocycles.